The Bertz CT molecular complexity index is 588. The summed E-state index contributed by atoms with van der Waals surface area (Å²) < 4.78 is 26.9. The minimum atomic E-state index is -3.67. The molecule has 1 fully saturated rings. The Balaban J connectivity index is 2.08. The van der Waals surface area contributed by atoms with Gasteiger partial charge in [-0.05, 0) is 25.2 Å². The molecule has 1 aromatic heterocycles. The summed E-state index contributed by atoms with van der Waals surface area (Å²) in [6.07, 6.45) is 7.45. The van der Waals surface area contributed by atoms with Crippen LogP contribution in [0.2, 0.25) is 0 Å². The van der Waals surface area contributed by atoms with Crippen molar-refractivity contribution in [2.45, 2.75) is 35.3 Å². The summed E-state index contributed by atoms with van der Waals surface area (Å²) in [4.78, 5) is 13.2. The molecule has 0 amide bonds. The Labute approximate surface area is 122 Å². The lowest BCUT2D eigenvalue weighted by atomic mass is 10.1. The standard InChI is InChI=1S/C12H18N2O4S2/c1-19-12(4-2-3-5-12)8-14-20(17,18)9-6-10(11(15)16)13-7-9/h6-7,13-14H,2-5,8H2,1H3,(H,15,16). The predicted molar refractivity (Wildman–Crippen MR) is 77.7 cm³/mol. The average Bonchev–Trinajstić information content (AvgIpc) is 3.07. The van der Waals surface area contributed by atoms with Crippen LogP contribution >= 0.6 is 11.8 Å². The number of aromatic nitrogens is 1. The van der Waals surface area contributed by atoms with E-state index in [2.05, 4.69) is 9.71 Å². The van der Waals surface area contributed by atoms with Crippen molar-refractivity contribution in [2.75, 3.05) is 12.8 Å². The first kappa shape index (κ1) is 15.4. The topological polar surface area (TPSA) is 99.3 Å². The lowest BCUT2D eigenvalue weighted by Crippen LogP contribution is -2.38. The zero-order chi connectivity index (χ0) is 14.8. The minimum Gasteiger partial charge on any atom is -0.477 e. The molecule has 8 heteroatoms. The number of nitrogens with one attached hydrogen (secondary N) is 2. The highest BCUT2D eigenvalue weighted by atomic mass is 32.2. The van der Waals surface area contributed by atoms with Crippen LogP contribution in [0.5, 0.6) is 0 Å². The summed E-state index contributed by atoms with van der Waals surface area (Å²) in [7, 11) is -3.67. The van der Waals surface area contributed by atoms with Crippen molar-refractivity contribution in [3.05, 3.63) is 18.0 Å². The van der Waals surface area contributed by atoms with Crippen molar-refractivity contribution in [1.29, 1.82) is 0 Å². The fraction of sp³-hybridized carbons (Fsp3) is 0.583. The first-order valence-electron chi connectivity index (χ1n) is 6.35. The lowest BCUT2D eigenvalue weighted by molar-refractivity contribution is 0.0691. The maximum absolute atomic E-state index is 12.1. The van der Waals surface area contributed by atoms with Gasteiger partial charge in [0, 0.05) is 17.5 Å². The van der Waals surface area contributed by atoms with Gasteiger partial charge in [0.15, 0.2) is 0 Å². The van der Waals surface area contributed by atoms with E-state index in [9.17, 15) is 13.2 Å². The molecule has 1 saturated carbocycles. The van der Waals surface area contributed by atoms with Crippen LogP contribution in [-0.4, -0.2) is 42.0 Å². The Hall–Kier alpha value is -0.990. The largest absolute Gasteiger partial charge is 0.477 e. The van der Waals surface area contributed by atoms with Gasteiger partial charge >= 0.3 is 5.97 Å². The van der Waals surface area contributed by atoms with Crippen molar-refractivity contribution >= 4 is 27.8 Å². The van der Waals surface area contributed by atoms with Crippen LogP contribution in [0.15, 0.2) is 17.2 Å². The second kappa shape index (κ2) is 5.79. The Morgan fingerprint density at radius 1 is 1.50 bits per heavy atom. The minimum absolute atomic E-state index is 0.0288. The van der Waals surface area contributed by atoms with Gasteiger partial charge < -0.3 is 10.1 Å². The molecule has 0 atom stereocenters. The van der Waals surface area contributed by atoms with E-state index in [1.165, 1.54) is 6.20 Å². The Kier molecular flexibility index (Phi) is 4.46. The van der Waals surface area contributed by atoms with Gasteiger partial charge in [-0.2, -0.15) is 11.8 Å². The number of hydrogen-bond acceptors (Lipinski definition) is 4. The van der Waals surface area contributed by atoms with Gasteiger partial charge in [0.1, 0.15) is 10.6 Å². The van der Waals surface area contributed by atoms with Crippen LogP contribution in [-0.2, 0) is 10.0 Å². The summed E-state index contributed by atoms with van der Waals surface area (Å²) >= 11 is 1.70. The van der Waals surface area contributed by atoms with Crippen molar-refractivity contribution in [1.82, 2.24) is 9.71 Å². The van der Waals surface area contributed by atoms with Crippen molar-refractivity contribution in [3.8, 4) is 0 Å². The molecule has 0 aromatic carbocycles. The summed E-state index contributed by atoms with van der Waals surface area (Å²) in [6.45, 7) is 0.379. The van der Waals surface area contributed by atoms with Gasteiger partial charge in [-0.25, -0.2) is 17.9 Å². The van der Waals surface area contributed by atoms with Crippen LogP contribution < -0.4 is 4.72 Å². The zero-order valence-corrected chi connectivity index (χ0v) is 12.8. The van der Waals surface area contributed by atoms with Crippen molar-refractivity contribution < 1.29 is 18.3 Å². The fourth-order valence-corrected chi connectivity index (χ4v) is 4.56. The number of hydrogen-bond donors (Lipinski definition) is 3. The van der Waals surface area contributed by atoms with Crippen LogP contribution in [0.1, 0.15) is 36.2 Å². The number of rotatable bonds is 6. The molecule has 0 unspecified atom stereocenters. The van der Waals surface area contributed by atoms with Gasteiger partial charge in [0.2, 0.25) is 10.0 Å². The third-order valence-electron chi connectivity index (χ3n) is 3.73. The monoisotopic (exact) mass is 318 g/mol. The molecule has 0 bridgehead atoms. The third-order valence-corrected chi connectivity index (χ3v) is 6.53. The maximum Gasteiger partial charge on any atom is 0.352 e. The molecule has 1 aromatic rings. The second-order valence-corrected chi connectivity index (χ2v) is 8.01. The number of H-pyrrole nitrogens is 1. The van der Waals surface area contributed by atoms with E-state index in [1.54, 1.807) is 11.8 Å². The molecular formula is C12H18N2O4S2. The molecule has 0 radical (unpaired) electrons. The fourth-order valence-electron chi connectivity index (χ4n) is 2.44. The third kappa shape index (κ3) is 3.18. The van der Waals surface area contributed by atoms with Gasteiger partial charge in [-0.1, -0.05) is 12.8 Å². The SMILES string of the molecule is CSC1(CNS(=O)(=O)c2c[nH]c(C(=O)O)c2)CCCC1. The first-order valence-corrected chi connectivity index (χ1v) is 9.06. The summed E-state index contributed by atoms with van der Waals surface area (Å²) in [5.41, 5.74) is -0.133. The molecule has 2 rings (SSSR count). The van der Waals surface area contributed by atoms with E-state index < -0.39 is 16.0 Å². The van der Waals surface area contributed by atoms with Crippen LogP contribution in [0.3, 0.4) is 0 Å². The van der Waals surface area contributed by atoms with Gasteiger partial charge in [0.05, 0.1) is 0 Å². The quantitative estimate of drug-likeness (QED) is 0.741. The van der Waals surface area contributed by atoms with Crippen LogP contribution in [0.25, 0.3) is 0 Å². The van der Waals surface area contributed by atoms with Crippen molar-refractivity contribution in [3.63, 3.8) is 0 Å². The molecule has 6 nitrogen and oxygen atoms in total. The number of carboxylic acids is 1. The maximum atomic E-state index is 12.1. The van der Waals surface area contributed by atoms with E-state index >= 15 is 0 Å². The summed E-state index contributed by atoms with van der Waals surface area (Å²) in [5.74, 6) is -1.18. The highest BCUT2D eigenvalue weighted by molar-refractivity contribution is 8.00. The first-order chi connectivity index (χ1) is 9.38. The second-order valence-electron chi connectivity index (χ2n) is 4.97. The van der Waals surface area contributed by atoms with Gasteiger partial charge in [0.25, 0.3) is 0 Å². The highest BCUT2D eigenvalue weighted by Gasteiger charge is 2.34. The molecule has 0 saturated heterocycles. The average molecular weight is 318 g/mol. The number of carboxylic acid groups (broad SMARTS) is 1. The van der Waals surface area contributed by atoms with Crippen molar-refractivity contribution in [2.24, 2.45) is 0 Å². The van der Waals surface area contributed by atoms with Crippen LogP contribution in [0.4, 0.5) is 0 Å². The molecule has 112 valence electrons. The lowest BCUT2D eigenvalue weighted by Gasteiger charge is -2.26. The van der Waals surface area contributed by atoms with E-state index in [0.717, 1.165) is 31.7 Å². The van der Waals surface area contributed by atoms with Crippen LogP contribution in [0, 0.1) is 0 Å². The normalized spacial score (nSPS) is 18.2. The Morgan fingerprint density at radius 3 is 2.65 bits per heavy atom. The number of sulfonamides is 1. The van der Waals surface area contributed by atoms with E-state index in [4.69, 9.17) is 5.11 Å². The molecule has 1 aliphatic carbocycles. The van der Waals surface area contributed by atoms with E-state index in [0.29, 0.717) is 6.54 Å². The smallest absolute Gasteiger partial charge is 0.352 e. The van der Waals surface area contributed by atoms with Gasteiger partial charge in [-0.15, -0.1) is 0 Å². The summed E-state index contributed by atoms with van der Waals surface area (Å²) in [5, 5.41) is 8.80. The highest BCUT2D eigenvalue weighted by Crippen LogP contribution is 2.39. The number of aromatic carboxylic acids is 1. The number of thioether (sulfide) groups is 1. The van der Waals surface area contributed by atoms with E-state index in [1.807, 2.05) is 6.26 Å². The predicted octanol–water partition coefficient (Wildman–Crippen LogP) is 1.67. The molecule has 3 N–H and O–H groups in total. The summed E-state index contributed by atoms with van der Waals surface area (Å²) in [6, 6.07) is 1.13. The Morgan fingerprint density at radius 2 is 2.15 bits per heavy atom. The molecule has 1 heterocycles. The number of aromatic amines is 1. The molecule has 1 aliphatic rings. The van der Waals surface area contributed by atoms with Gasteiger partial charge in [-0.3, -0.25) is 0 Å². The molecular weight excluding hydrogens is 300 g/mol. The molecule has 0 spiro atoms. The molecule has 0 aliphatic heterocycles. The van der Waals surface area contributed by atoms with E-state index in [-0.39, 0.29) is 15.3 Å². The zero-order valence-electron chi connectivity index (χ0n) is 11.2. The molecule has 20 heavy (non-hydrogen) atoms. The number of carbonyl (C=O) groups is 1.